The van der Waals surface area contributed by atoms with Gasteiger partial charge in [0.15, 0.2) is 0 Å². The van der Waals surface area contributed by atoms with Crippen LogP contribution in [0.5, 0.6) is 5.75 Å². The number of methoxy groups -OCH3 is 1. The first kappa shape index (κ1) is 13.2. The molecular weight excluding hydrogens is 314 g/mol. The van der Waals surface area contributed by atoms with Crippen molar-refractivity contribution >= 4 is 33.2 Å². The Kier molecular flexibility index (Phi) is 4.50. The molecule has 0 spiro atoms. The summed E-state index contributed by atoms with van der Waals surface area (Å²) in [5, 5.41) is 3.98. The molecule has 0 atom stereocenters. The van der Waals surface area contributed by atoms with Gasteiger partial charge in [0.05, 0.1) is 17.8 Å². The fourth-order valence-corrected chi connectivity index (χ4v) is 2.24. The lowest BCUT2D eigenvalue weighted by Crippen LogP contribution is -2.00. The van der Waals surface area contributed by atoms with Crippen molar-refractivity contribution in [2.24, 2.45) is 0 Å². The summed E-state index contributed by atoms with van der Waals surface area (Å²) in [5.41, 5.74) is 2.05. The fraction of sp³-hybridized carbons (Fsp3) is 0.143. The van der Waals surface area contributed by atoms with Crippen molar-refractivity contribution in [3.05, 3.63) is 57.5 Å². The molecule has 0 amide bonds. The first-order chi connectivity index (χ1) is 8.69. The summed E-state index contributed by atoms with van der Waals surface area (Å²) in [6, 6.07) is 13.7. The highest BCUT2D eigenvalue weighted by Crippen LogP contribution is 2.27. The van der Waals surface area contributed by atoms with Crippen LogP contribution in [0, 0.1) is 0 Å². The van der Waals surface area contributed by atoms with Gasteiger partial charge in [-0.25, -0.2) is 0 Å². The first-order valence-corrected chi connectivity index (χ1v) is 6.68. The average molecular weight is 327 g/mol. The SMILES string of the molecule is COc1ccc(Cl)c(NCc2cccc(Br)c2)c1. The van der Waals surface area contributed by atoms with Crippen molar-refractivity contribution in [2.75, 3.05) is 12.4 Å². The summed E-state index contributed by atoms with van der Waals surface area (Å²) in [5.74, 6) is 0.788. The highest BCUT2D eigenvalue weighted by molar-refractivity contribution is 9.10. The van der Waals surface area contributed by atoms with E-state index in [4.69, 9.17) is 16.3 Å². The van der Waals surface area contributed by atoms with Crippen LogP contribution >= 0.6 is 27.5 Å². The lowest BCUT2D eigenvalue weighted by Gasteiger charge is -2.10. The first-order valence-electron chi connectivity index (χ1n) is 5.51. The molecular formula is C14H13BrClNO. The van der Waals surface area contributed by atoms with Crippen molar-refractivity contribution in [2.45, 2.75) is 6.54 Å². The van der Waals surface area contributed by atoms with Crippen molar-refractivity contribution in [1.82, 2.24) is 0 Å². The summed E-state index contributed by atoms with van der Waals surface area (Å²) in [4.78, 5) is 0. The number of hydrogen-bond donors (Lipinski definition) is 1. The third-order valence-corrected chi connectivity index (χ3v) is 3.37. The second kappa shape index (κ2) is 6.12. The number of rotatable bonds is 4. The van der Waals surface area contributed by atoms with Crippen LogP contribution in [-0.4, -0.2) is 7.11 Å². The lowest BCUT2D eigenvalue weighted by molar-refractivity contribution is 0.415. The molecule has 0 bridgehead atoms. The smallest absolute Gasteiger partial charge is 0.121 e. The van der Waals surface area contributed by atoms with E-state index in [1.807, 2.05) is 30.3 Å². The van der Waals surface area contributed by atoms with E-state index in [-0.39, 0.29) is 0 Å². The average Bonchev–Trinajstić information content (AvgIpc) is 2.38. The summed E-state index contributed by atoms with van der Waals surface area (Å²) in [6.45, 7) is 0.715. The molecule has 0 aliphatic heterocycles. The van der Waals surface area contributed by atoms with Gasteiger partial charge in [-0.05, 0) is 29.8 Å². The zero-order valence-corrected chi connectivity index (χ0v) is 12.3. The van der Waals surface area contributed by atoms with Gasteiger partial charge < -0.3 is 10.1 Å². The fourth-order valence-electron chi connectivity index (χ4n) is 1.61. The third-order valence-electron chi connectivity index (χ3n) is 2.55. The van der Waals surface area contributed by atoms with Gasteiger partial charge in [0.25, 0.3) is 0 Å². The minimum absolute atomic E-state index is 0.686. The molecule has 0 aromatic heterocycles. The van der Waals surface area contributed by atoms with Gasteiger partial charge in [-0.3, -0.25) is 0 Å². The number of halogens is 2. The largest absolute Gasteiger partial charge is 0.497 e. The zero-order chi connectivity index (χ0) is 13.0. The van der Waals surface area contributed by atoms with E-state index >= 15 is 0 Å². The Morgan fingerprint density at radius 2 is 2.06 bits per heavy atom. The standard InChI is InChI=1S/C14H13BrClNO/c1-18-12-5-6-13(16)14(8-12)17-9-10-3-2-4-11(15)7-10/h2-8,17H,9H2,1H3. The van der Waals surface area contributed by atoms with Crippen LogP contribution < -0.4 is 10.1 Å². The predicted octanol–water partition coefficient (Wildman–Crippen LogP) is 4.72. The maximum absolute atomic E-state index is 6.12. The molecule has 0 aliphatic rings. The molecule has 0 fully saturated rings. The van der Waals surface area contributed by atoms with E-state index in [2.05, 4.69) is 33.4 Å². The number of benzene rings is 2. The normalized spacial score (nSPS) is 10.2. The van der Waals surface area contributed by atoms with Crippen molar-refractivity contribution in [3.8, 4) is 5.75 Å². The van der Waals surface area contributed by atoms with Crippen molar-refractivity contribution in [3.63, 3.8) is 0 Å². The summed E-state index contributed by atoms with van der Waals surface area (Å²) in [6.07, 6.45) is 0. The molecule has 0 radical (unpaired) electrons. The van der Waals surface area contributed by atoms with Gasteiger partial charge in [0.2, 0.25) is 0 Å². The second-order valence-electron chi connectivity index (χ2n) is 3.83. The Hall–Kier alpha value is -1.19. The lowest BCUT2D eigenvalue weighted by atomic mass is 10.2. The highest BCUT2D eigenvalue weighted by Gasteiger charge is 2.02. The Morgan fingerprint density at radius 1 is 1.22 bits per heavy atom. The monoisotopic (exact) mass is 325 g/mol. The van der Waals surface area contributed by atoms with E-state index in [0.29, 0.717) is 11.6 Å². The van der Waals surface area contributed by atoms with Crippen LogP contribution in [0.15, 0.2) is 46.9 Å². The van der Waals surface area contributed by atoms with Gasteiger partial charge in [-0.15, -0.1) is 0 Å². The van der Waals surface area contributed by atoms with Gasteiger partial charge >= 0.3 is 0 Å². The third kappa shape index (κ3) is 3.40. The second-order valence-corrected chi connectivity index (χ2v) is 5.15. The van der Waals surface area contributed by atoms with Crippen LogP contribution in [0.4, 0.5) is 5.69 Å². The van der Waals surface area contributed by atoms with Gasteiger partial charge in [0.1, 0.15) is 5.75 Å². The summed E-state index contributed by atoms with van der Waals surface area (Å²) < 4.78 is 6.24. The molecule has 2 aromatic rings. The molecule has 4 heteroatoms. The Balaban J connectivity index is 2.10. The summed E-state index contributed by atoms with van der Waals surface area (Å²) in [7, 11) is 1.64. The van der Waals surface area contributed by atoms with Crippen LogP contribution in [0.1, 0.15) is 5.56 Å². The Labute approximate surface area is 120 Å². The molecule has 0 aliphatic carbocycles. The molecule has 2 rings (SSSR count). The molecule has 18 heavy (non-hydrogen) atoms. The summed E-state index contributed by atoms with van der Waals surface area (Å²) >= 11 is 9.58. The Morgan fingerprint density at radius 3 is 2.78 bits per heavy atom. The molecule has 94 valence electrons. The van der Waals surface area contributed by atoms with Crippen LogP contribution in [0.25, 0.3) is 0 Å². The van der Waals surface area contributed by atoms with Crippen molar-refractivity contribution in [1.29, 1.82) is 0 Å². The van der Waals surface area contributed by atoms with E-state index in [1.54, 1.807) is 7.11 Å². The topological polar surface area (TPSA) is 21.3 Å². The number of nitrogens with one attached hydrogen (secondary N) is 1. The van der Waals surface area contributed by atoms with Crippen LogP contribution in [-0.2, 0) is 6.54 Å². The number of hydrogen-bond acceptors (Lipinski definition) is 2. The quantitative estimate of drug-likeness (QED) is 0.877. The predicted molar refractivity (Wildman–Crippen MR) is 79.5 cm³/mol. The molecule has 2 aromatic carbocycles. The van der Waals surface area contributed by atoms with Gasteiger partial charge in [-0.2, -0.15) is 0 Å². The minimum atomic E-state index is 0.686. The highest BCUT2D eigenvalue weighted by atomic mass is 79.9. The van der Waals surface area contributed by atoms with E-state index < -0.39 is 0 Å². The van der Waals surface area contributed by atoms with E-state index in [0.717, 1.165) is 15.9 Å². The van der Waals surface area contributed by atoms with Crippen LogP contribution in [0.3, 0.4) is 0 Å². The molecule has 0 unspecified atom stereocenters. The van der Waals surface area contributed by atoms with Gasteiger partial charge in [0, 0.05) is 17.1 Å². The van der Waals surface area contributed by atoms with E-state index in [9.17, 15) is 0 Å². The van der Waals surface area contributed by atoms with Crippen molar-refractivity contribution < 1.29 is 4.74 Å². The number of anilines is 1. The molecule has 2 nitrogen and oxygen atoms in total. The maximum Gasteiger partial charge on any atom is 0.121 e. The molecule has 0 heterocycles. The number of ether oxygens (including phenoxy) is 1. The maximum atomic E-state index is 6.12. The Bertz CT molecular complexity index is 545. The molecule has 0 saturated heterocycles. The molecule has 1 N–H and O–H groups in total. The molecule has 0 saturated carbocycles. The van der Waals surface area contributed by atoms with Gasteiger partial charge in [-0.1, -0.05) is 39.7 Å². The minimum Gasteiger partial charge on any atom is -0.497 e. The van der Waals surface area contributed by atoms with Crippen LogP contribution in [0.2, 0.25) is 5.02 Å². The zero-order valence-electron chi connectivity index (χ0n) is 9.91. The van der Waals surface area contributed by atoms with E-state index in [1.165, 1.54) is 5.56 Å².